The number of hydrogen-bond acceptors (Lipinski definition) is 7. The second-order valence-electron chi connectivity index (χ2n) is 9.56. The molecule has 0 bridgehead atoms. The Hall–Kier alpha value is -3.92. The van der Waals surface area contributed by atoms with Gasteiger partial charge in [-0.05, 0) is 60.5 Å². The van der Waals surface area contributed by atoms with E-state index in [1.54, 1.807) is 28.8 Å². The number of carbonyl (C=O) groups is 2. The van der Waals surface area contributed by atoms with Crippen molar-refractivity contribution in [3.05, 3.63) is 70.4 Å². The van der Waals surface area contributed by atoms with E-state index < -0.39 is 6.04 Å². The van der Waals surface area contributed by atoms with E-state index in [1.165, 1.54) is 11.3 Å². The van der Waals surface area contributed by atoms with Crippen LogP contribution in [0, 0.1) is 5.92 Å². The van der Waals surface area contributed by atoms with Gasteiger partial charge in [-0.3, -0.25) is 9.59 Å². The molecule has 4 rings (SSSR count). The topological polar surface area (TPSA) is 98.6 Å². The van der Waals surface area contributed by atoms with Gasteiger partial charge in [-0.15, -0.1) is 16.4 Å². The van der Waals surface area contributed by atoms with Crippen LogP contribution in [0.5, 0.6) is 11.5 Å². The van der Waals surface area contributed by atoms with Gasteiger partial charge in [-0.1, -0.05) is 43.3 Å². The number of hydrogen-bond donors (Lipinski definition) is 1. The monoisotopic (exact) mass is 549 g/mol. The van der Waals surface area contributed by atoms with E-state index in [0.29, 0.717) is 41.6 Å². The normalized spacial score (nSPS) is 11.9. The molecule has 1 N–H and O–H groups in total. The highest BCUT2D eigenvalue weighted by Gasteiger charge is 2.33. The van der Waals surface area contributed by atoms with Crippen LogP contribution in [0.2, 0.25) is 0 Å². The van der Waals surface area contributed by atoms with Gasteiger partial charge < -0.3 is 19.7 Å². The number of rotatable bonds is 13. The van der Waals surface area contributed by atoms with E-state index in [9.17, 15) is 9.59 Å². The molecule has 0 spiro atoms. The standard InChI is InChI=1S/C29H35N5O4S/c1-5-38-25-13-12-21(17-26(25)37-4)28(29(36)30-15-14-20(2)3)33(18-22-9-8-16-39-22)27(35)19-34-24-11-7-6-10-23(24)31-32-34/h6-13,16-17,20,28H,5,14-15,18-19H2,1-4H3,(H,30,36)/t28-/m0/s1. The molecule has 2 aromatic heterocycles. The fraction of sp³-hybridized carbons (Fsp3) is 0.379. The Bertz CT molecular complexity index is 1390. The van der Waals surface area contributed by atoms with Gasteiger partial charge >= 0.3 is 0 Å². The molecule has 206 valence electrons. The lowest BCUT2D eigenvalue weighted by molar-refractivity contribution is -0.142. The third-order valence-electron chi connectivity index (χ3n) is 6.32. The zero-order chi connectivity index (χ0) is 27.8. The summed E-state index contributed by atoms with van der Waals surface area (Å²) in [5, 5.41) is 13.4. The highest BCUT2D eigenvalue weighted by Crippen LogP contribution is 2.34. The predicted octanol–water partition coefficient (Wildman–Crippen LogP) is 4.83. The van der Waals surface area contributed by atoms with Crippen molar-refractivity contribution in [1.29, 1.82) is 0 Å². The number of amides is 2. The number of benzene rings is 2. The molecule has 0 aliphatic rings. The van der Waals surface area contributed by atoms with E-state index in [4.69, 9.17) is 9.47 Å². The number of para-hydroxylation sites is 1. The Balaban J connectivity index is 1.74. The number of aromatic nitrogens is 3. The summed E-state index contributed by atoms with van der Waals surface area (Å²) in [5.74, 6) is 0.998. The molecule has 2 aromatic carbocycles. The average molecular weight is 550 g/mol. The molecule has 9 nitrogen and oxygen atoms in total. The maximum absolute atomic E-state index is 14.0. The molecule has 0 radical (unpaired) electrons. The van der Waals surface area contributed by atoms with Gasteiger partial charge in [0.15, 0.2) is 11.5 Å². The van der Waals surface area contributed by atoms with Crippen molar-refractivity contribution in [2.45, 2.75) is 46.3 Å². The molecule has 10 heteroatoms. The zero-order valence-electron chi connectivity index (χ0n) is 22.8. The van der Waals surface area contributed by atoms with Crippen molar-refractivity contribution in [1.82, 2.24) is 25.2 Å². The van der Waals surface area contributed by atoms with Gasteiger partial charge in [0, 0.05) is 11.4 Å². The SMILES string of the molecule is CCOc1ccc([C@@H](C(=O)NCCC(C)C)N(Cc2cccs2)C(=O)Cn2nnc3ccccc32)cc1OC. The number of ether oxygens (including phenoxy) is 2. The number of methoxy groups -OCH3 is 1. The van der Waals surface area contributed by atoms with Crippen LogP contribution in [-0.2, 0) is 22.7 Å². The van der Waals surface area contributed by atoms with Crippen molar-refractivity contribution < 1.29 is 19.1 Å². The molecule has 0 unspecified atom stereocenters. The summed E-state index contributed by atoms with van der Waals surface area (Å²) in [7, 11) is 1.56. The van der Waals surface area contributed by atoms with Gasteiger partial charge in [-0.2, -0.15) is 0 Å². The number of nitrogens with one attached hydrogen (secondary N) is 1. The number of carbonyl (C=O) groups excluding carboxylic acids is 2. The number of thiophene rings is 1. The summed E-state index contributed by atoms with van der Waals surface area (Å²) in [6, 6.07) is 15.9. The van der Waals surface area contributed by atoms with Crippen LogP contribution in [0.3, 0.4) is 0 Å². The molecule has 39 heavy (non-hydrogen) atoms. The maximum Gasteiger partial charge on any atom is 0.247 e. The Morgan fingerprint density at radius 1 is 1.10 bits per heavy atom. The van der Waals surface area contributed by atoms with Crippen LogP contribution in [0.25, 0.3) is 11.0 Å². The van der Waals surface area contributed by atoms with Crippen molar-refractivity contribution >= 4 is 34.2 Å². The van der Waals surface area contributed by atoms with Crippen molar-refractivity contribution in [2.75, 3.05) is 20.3 Å². The van der Waals surface area contributed by atoms with Crippen LogP contribution in [0.4, 0.5) is 0 Å². The van der Waals surface area contributed by atoms with Gasteiger partial charge in [0.05, 0.1) is 25.8 Å². The Morgan fingerprint density at radius 2 is 1.92 bits per heavy atom. The van der Waals surface area contributed by atoms with Crippen LogP contribution >= 0.6 is 11.3 Å². The third-order valence-corrected chi connectivity index (χ3v) is 7.18. The summed E-state index contributed by atoms with van der Waals surface area (Å²) in [5.41, 5.74) is 2.09. The van der Waals surface area contributed by atoms with Crippen molar-refractivity contribution in [2.24, 2.45) is 5.92 Å². The quantitative estimate of drug-likeness (QED) is 0.256. The molecule has 2 heterocycles. The van der Waals surface area contributed by atoms with E-state index in [2.05, 4.69) is 29.5 Å². The number of nitrogens with zero attached hydrogens (tertiary/aromatic N) is 4. The molecule has 0 aliphatic heterocycles. The molecular weight excluding hydrogens is 514 g/mol. The number of fused-ring (bicyclic) bond motifs is 1. The minimum Gasteiger partial charge on any atom is -0.493 e. The third kappa shape index (κ3) is 6.94. The summed E-state index contributed by atoms with van der Waals surface area (Å²) >= 11 is 1.54. The lowest BCUT2D eigenvalue weighted by atomic mass is 10.0. The fourth-order valence-electron chi connectivity index (χ4n) is 4.33. The van der Waals surface area contributed by atoms with Gasteiger partial charge in [-0.25, -0.2) is 4.68 Å². The first-order valence-corrected chi connectivity index (χ1v) is 14.0. The first-order chi connectivity index (χ1) is 18.9. The Labute approximate surface area is 232 Å². The second kappa shape index (κ2) is 13.2. The lowest BCUT2D eigenvalue weighted by Crippen LogP contribution is -2.44. The largest absolute Gasteiger partial charge is 0.493 e. The van der Waals surface area contributed by atoms with Crippen LogP contribution in [0.15, 0.2) is 60.0 Å². The molecule has 0 aliphatic carbocycles. The molecule has 0 saturated heterocycles. The Morgan fingerprint density at radius 3 is 2.64 bits per heavy atom. The first kappa shape index (κ1) is 28.1. The summed E-state index contributed by atoms with van der Waals surface area (Å²) in [4.78, 5) is 30.4. The average Bonchev–Trinajstić information content (AvgIpc) is 3.59. The van der Waals surface area contributed by atoms with E-state index in [0.717, 1.165) is 16.8 Å². The van der Waals surface area contributed by atoms with E-state index >= 15 is 0 Å². The van der Waals surface area contributed by atoms with Crippen molar-refractivity contribution in [3.8, 4) is 11.5 Å². The smallest absolute Gasteiger partial charge is 0.247 e. The summed E-state index contributed by atoms with van der Waals surface area (Å²) < 4.78 is 12.9. The van der Waals surface area contributed by atoms with Crippen LogP contribution in [-0.4, -0.2) is 52.0 Å². The molecule has 0 fully saturated rings. The molecular formula is C29H35N5O4S. The minimum atomic E-state index is -0.897. The zero-order valence-corrected chi connectivity index (χ0v) is 23.6. The van der Waals surface area contributed by atoms with E-state index in [1.807, 2.05) is 54.8 Å². The van der Waals surface area contributed by atoms with Crippen LogP contribution in [0.1, 0.15) is 43.7 Å². The predicted molar refractivity (Wildman–Crippen MR) is 152 cm³/mol. The lowest BCUT2D eigenvalue weighted by Gasteiger charge is -2.31. The van der Waals surface area contributed by atoms with Crippen molar-refractivity contribution in [3.63, 3.8) is 0 Å². The summed E-state index contributed by atoms with van der Waals surface area (Å²) in [6.07, 6.45) is 0.828. The second-order valence-corrected chi connectivity index (χ2v) is 10.6. The van der Waals surface area contributed by atoms with Gasteiger partial charge in [0.2, 0.25) is 11.8 Å². The summed E-state index contributed by atoms with van der Waals surface area (Å²) in [6.45, 7) is 7.30. The molecule has 1 atom stereocenters. The highest BCUT2D eigenvalue weighted by molar-refractivity contribution is 7.09. The molecule has 0 saturated carbocycles. The highest BCUT2D eigenvalue weighted by atomic mass is 32.1. The van der Waals surface area contributed by atoms with Crippen LogP contribution < -0.4 is 14.8 Å². The molecule has 4 aromatic rings. The van der Waals surface area contributed by atoms with E-state index in [-0.39, 0.29) is 24.9 Å². The van der Waals surface area contributed by atoms with Gasteiger partial charge in [0.1, 0.15) is 18.1 Å². The minimum absolute atomic E-state index is 0.0597. The Kier molecular flexibility index (Phi) is 9.54. The first-order valence-electron chi connectivity index (χ1n) is 13.1. The molecule has 2 amide bonds. The fourth-order valence-corrected chi connectivity index (χ4v) is 5.03. The maximum atomic E-state index is 14.0. The van der Waals surface area contributed by atoms with Gasteiger partial charge in [0.25, 0.3) is 0 Å².